The molecular weight excluding hydrogens is 256 g/mol. The average molecular weight is 267 g/mol. The molecule has 0 saturated carbocycles. The number of carbonyl (C=O) groups is 1. The summed E-state index contributed by atoms with van der Waals surface area (Å²) in [5.41, 5.74) is 0.920. The van der Waals surface area contributed by atoms with Crippen LogP contribution in [0.15, 0.2) is 30.5 Å². The van der Waals surface area contributed by atoms with E-state index in [1.165, 1.54) is 11.3 Å². The number of halogens is 1. The Morgan fingerprint density at radius 2 is 2.35 bits per heavy atom. The zero-order valence-electron chi connectivity index (χ0n) is 9.26. The SMILES string of the molecule is CCn1nccc1/C=C/C(=O)c1ccc(Cl)s1. The number of aromatic nitrogens is 2. The molecule has 0 unspecified atom stereocenters. The molecule has 0 saturated heterocycles. The monoisotopic (exact) mass is 266 g/mol. The Balaban J connectivity index is 2.13. The topological polar surface area (TPSA) is 34.9 Å². The first-order valence-corrected chi connectivity index (χ1v) is 6.39. The zero-order chi connectivity index (χ0) is 12.3. The van der Waals surface area contributed by atoms with E-state index in [-0.39, 0.29) is 5.78 Å². The first-order chi connectivity index (χ1) is 8.20. The van der Waals surface area contributed by atoms with Crippen LogP contribution in [-0.2, 0) is 6.54 Å². The maximum Gasteiger partial charge on any atom is 0.195 e. The lowest BCUT2D eigenvalue weighted by molar-refractivity contribution is 0.105. The number of rotatable bonds is 4. The molecule has 0 amide bonds. The van der Waals surface area contributed by atoms with Crippen molar-refractivity contribution in [3.63, 3.8) is 0 Å². The summed E-state index contributed by atoms with van der Waals surface area (Å²) in [6.45, 7) is 2.79. The second kappa shape index (κ2) is 5.29. The van der Waals surface area contributed by atoms with Crippen LogP contribution in [0.1, 0.15) is 22.3 Å². The number of hydrogen-bond acceptors (Lipinski definition) is 3. The van der Waals surface area contributed by atoms with Crippen molar-refractivity contribution in [2.75, 3.05) is 0 Å². The van der Waals surface area contributed by atoms with Crippen LogP contribution in [0, 0.1) is 0 Å². The van der Waals surface area contributed by atoms with E-state index in [0.717, 1.165) is 12.2 Å². The number of allylic oxidation sites excluding steroid dienone is 1. The third kappa shape index (κ3) is 2.84. The Bertz CT molecular complexity index is 556. The molecule has 0 spiro atoms. The third-order valence-corrected chi connectivity index (χ3v) is 3.52. The van der Waals surface area contributed by atoms with Gasteiger partial charge in [0, 0.05) is 12.7 Å². The van der Waals surface area contributed by atoms with Crippen molar-refractivity contribution in [2.24, 2.45) is 0 Å². The number of carbonyl (C=O) groups excluding carboxylic acids is 1. The van der Waals surface area contributed by atoms with Gasteiger partial charge in [-0.2, -0.15) is 5.10 Å². The Morgan fingerprint density at radius 1 is 1.53 bits per heavy atom. The molecule has 2 aromatic rings. The lowest BCUT2D eigenvalue weighted by atomic mass is 10.2. The summed E-state index contributed by atoms with van der Waals surface area (Å²) in [6.07, 6.45) is 5.04. The molecule has 2 aromatic heterocycles. The van der Waals surface area contributed by atoms with Crippen molar-refractivity contribution in [3.05, 3.63) is 45.4 Å². The molecule has 0 fully saturated rings. The molecule has 17 heavy (non-hydrogen) atoms. The molecule has 0 N–H and O–H groups in total. The fraction of sp³-hybridized carbons (Fsp3) is 0.167. The second-order valence-corrected chi connectivity index (χ2v) is 5.09. The van der Waals surface area contributed by atoms with Crippen LogP contribution in [0.3, 0.4) is 0 Å². The van der Waals surface area contributed by atoms with Crippen molar-refractivity contribution in [1.82, 2.24) is 9.78 Å². The van der Waals surface area contributed by atoms with E-state index in [2.05, 4.69) is 5.10 Å². The quantitative estimate of drug-likeness (QED) is 0.627. The molecule has 0 aliphatic heterocycles. The van der Waals surface area contributed by atoms with E-state index in [4.69, 9.17) is 11.6 Å². The van der Waals surface area contributed by atoms with Crippen LogP contribution in [0.25, 0.3) is 6.08 Å². The lowest BCUT2D eigenvalue weighted by Gasteiger charge is -1.97. The smallest absolute Gasteiger partial charge is 0.195 e. The van der Waals surface area contributed by atoms with Gasteiger partial charge in [0.25, 0.3) is 0 Å². The molecule has 0 atom stereocenters. The summed E-state index contributed by atoms with van der Waals surface area (Å²) in [6, 6.07) is 5.33. The fourth-order valence-corrected chi connectivity index (χ4v) is 2.40. The predicted molar refractivity (Wildman–Crippen MR) is 70.6 cm³/mol. The van der Waals surface area contributed by atoms with Gasteiger partial charge in [0.15, 0.2) is 5.78 Å². The number of thiophene rings is 1. The highest BCUT2D eigenvalue weighted by Crippen LogP contribution is 2.22. The van der Waals surface area contributed by atoms with Crippen molar-refractivity contribution in [2.45, 2.75) is 13.5 Å². The molecule has 0 aliphatic rings. The summed E-state index contributed by atoms with van der Waals surface area (Å²) >= 11 is 7.07. The highest BCUT2D eigenvalue weighted by molar-refractivity contribution is 7.18. The van der Waals surface area contributed by atoms with E-state index in [0.29, 0.717) is 9.21 Å². The Hall–Kier alpha value is -1.39. The molecule has 0 aliphatic carbocycles. The molecule has 88 valence electrons. The van der Waals surface area contributed by atoms with E-state index < -0.39 is 0 Å². The summed E-state index contributed by atoms with van der Waals surface area (Å²) in [4.78, 5) is 12.4. The van der Waals surface area contributed by atoms with Crippen LogP contribution in [0.2, 0.25) is 4.34 Å². The maximum absolute atomic E-state index is 11.8. The van der Waals surface area contributed by atoms with E-state index in [1.54, 1.807) is 30.5 Å². The molecule has 2 heterocycles. The summed E-state index contributed by atoms with van der Waals surface area (Å²) in [7, 11) is 0. The Morgan fingerprint density at radius 3 is 3.00 bits per heavy atom. The van der Waals surface area contributed by atoms with Crippen molar-refractivity contribution in [3.8, 4) is 0 Å². The fourth-order valence-electron chi connectivity index (χ4n) is 1.44. The number of nitrogens with zero attached hydrogens (tertiary/aromatic N) is 2. The first kappa shape index (κ1) is 12.1. The van der Waals surface area contributed by atoms with Crippen LogP contribution in [0.4, 0.5) is 0 Å². The molecule has 2 rings (SSSR count). The Labute approximate surface area is 108 Å². The summed E-state index contributed by atoms with van der Waals surface area (Å²) in [5, 5.41) is 4.13. The van der Waals surface area contributed by atoms with Gasteiger partial charge in [0.1, 0.15) is 0 Å². The van der Waals surface area contributed by atoms with Gasteiger partial charge in [-0.05, 0) is 37.3 Å². The Kier molecular flexibility index (Phi) is 3.76. The van der Waals surface area contributed by atoms with Gasteiger partial charge < -0.3 is 0 Å². The first-order valence-electron chi connectivity index (χ1n) is 5.20. The van der Waals surface area contributed by atoms with Gasteiger partial charge >= 0.3 is 0 Å². The maximum atomic E-state index is 11.8. The van der Waals surface area contributed by atoms with E-state index in [1.807, 2.05) is 17.7 Å². The van der Waals surface area contributed by atoms with Crippen LogP contribution in [0.5, 0.6) is 0 Å². The number of hydrogen-bond donors (Lipinski definition) is 0. The van der Waals surface area contributed by atoms with Crippen LogP contribution >= 0.6 is 22.9 Å². The molecular formula is C12H11ClN2OS. The standard InChI is InChI=1S/C12H11ClN2OS/c1-2-15-9(7-8-14-15)3-4-10(16)11-5-6-12(13)17-11/h3-8H,2H2,1H3/b4-3+. The van der Waals surface area contributed by atoms with Gasteiger partial charge in [-0.25, -0.2) is 0 Å². The minimum atomic E-state index is -0.0363. The average Bonchev–Trinajstić information content (AvgIpc) is 2.94. The predicted octanol–water partition coefficient (Wildman–Crippen LogP) is 3.51. The normalized spacial score (nSPS) is 11.2. The minimum absolute atomic E-state index is 0.0363. The lowest BCUT2D eigenvalue weighted by Crippen LogP contribution is -1.98. The molecule has 0 aromatic carbocycles. The van der Waals surface area contributed by atoms with E-state index in [9.17, 15) is 4.79 Å². The number of ketones is 1. The van der Waals surface area contributed by atoms with Crippen molar-refractivity contribution < 1.29 is 4.79 Å². The van der Waals surface area contributed by atoms with Crippen molar-refractivity contribution in [1.29, 1.82) is 0 Å². The minimum Gasteiger partial charge on any atom is -0.288 e. The third-order valence-electron chi connectivity index (χ3n) is 2.27. The van der Waals surface area contributed by atoms with Gasteiger partial charge in [0.05, 0.1) is 14.9 Å². The summed E-state index contributed by atoms with van der Waals surface area (Å²) < 4.78 is 2.45. The largest absolute Gasteiger partial charge is 0.288 e. The molecule has 0 radical (unpaired) electrons. The van der Waals surface area contributed by atoms with Crippen LogP contribution in [-0.4, -0.2) is 15.6 Å². The van der Waals surface area contributed by atoms with Gasteiger partial charge in [-0.1, -0.05) is 11.6 Å². The van der Waals surface area contributed by atoms with Crippen LogP contribution < -0.4 is 0 Å². The molecule has 0 bridgehead atoms. The van der Waals surface area contributed by atoms with Crippen molar-refractivity contribution >= 4 is 34.8 Å². The van der Waals surface area contributed by atoms with Gasteiger partial charge in [0.2, 0.25) is 0 Å². The van der Waals surface area contributed by atoms with E-state index >= 15 is 0 Å². The highest BCUT2D eigenvalue weighted by Gasteiger charge is 2.05. The molecule has 5 heteroatoms. The van der Waals surface area contributed by atoms with Gasteiger partial charge in [-0.15, -0.1) is 11.3 Å². The zero-order valence-corrected chi connectivity index (χ0v) is 10.8. The molecule has 3 nitrogen and oxygen atoms in total. The highest BCUT2D eigenvalue weighted by atomic mass is 35.5. The number of aryl methyl sites for hydroxylation is 1. The van der Waals surface area contributed by atoms with Gasteiger partial charge in [-0.3, -0.25) is 9.48 Å². The second-order valence-electron chi connectivity index (χ2n) is 3.37. The summed E-state index contributed by atoms with van der Waals surface area (Å²) in [5.74, 6) is -0.0363.